The molecule has 0 saturated heterocycles. The van der Waals surface area contributed by atoms with Crippen LogP contribution in [0.4, 0.5) is 5.82 Å². The monoisotopic (exact) mass is 262 g/mol. The highest BCUT2D eigenvalue weighted by molar-refractivity contribution is 9.10. The lowest BCUT2D eigenvalue weighted by Crippen LogP contribution is -1.93. The zero-order valence-electron chi connectivity index (χ0n) is 8.37. The van der Waals surface area contributed by atoms with Crippen molar-refractivity contribution in [2.75, 3.05) is 5.73 Å². The summed E-state index contributed by atoms with van der Waals surface area (Å²) in [6, 6.07) is 10.2. The molecule has 2 nitrogen and oxygen atoms in total. The molecule has 0 bridgehead atoms. The van der Waals surface area contributed by atoms with E-state index in [1.54, 1.807) is 6.20 Å². The molecule has 1 aromatic heterocycles. The molecular formula is C12H11BrN2. The number of pyridine rings is 1. The molecule has 1 heterocycles. The zero-order chi connectivity index (χ0) is 10.8. The third-order valence-electron chi connectivity index (χ3n) is 2.30. The van der Waals surface area contributed by atoms with Crippen LogP contribution in [-0.2, 0) is 0 Å². The van der Waals surface area contributed by atoms with E-state index in [2.05, 4.69) is 33.0 Å². The maximum Gasteiger partial charge on any atom is 0.126 e. The molecular weight excluding hydrogens is 252 g/mol. The molecule has 76 valence electrons. The molecule has 0 amide bonds. The number of nitrogen functional groups attached to an aromatic ring is 1. The Kier molecular flexibility index (Phi) is 2.73. The van der Waals surface area contributed by atoms with Gasteiger partial charge >= 0.3 is 0 Å². The van der Waals surface area contributed by atoms with E-state index in [1.165, 1.54) is 0 Å². The number of hydrogen-bond donors (Lipinski definition) is 1. The van der Waals surface area contributed by atoms with E-state index < -0.39 is 0 Å². The second-order valence-electron chi connectivity index (χ2n) is 3.43. The number of rotatable bonds is 1. The summed E-state index contributed by atoms with van der Waals surface area (Å²) in [5.74, 6) is 0.593. The van der Waals surface area contributed by atoms with Gasteiger partial charge in [-0.25, -0.2) is 4.98 Å². The number of hydrogen-bond acceptors (Lipinski definition) is 2. The summed E-state index contributed by atoms with van der Waals surface area (Å²) in [7, 11) is 0. The predicted molar refractivity (Wildman–Crippen MR) is 66.5 cm³/mol. The SMILES string of the molecule is Cc1cc(-c2ccc(Br)cc2)cnc1N. The van der Waals surface area contributed by atoms with Crippen LogP contribution in [0.15, 0.2) is 41.0 Å². The first-order valence-electron chi connectivity index (χ1n) is 4.65. The van der Waals surface area contributed by atoms with Crippen LogP contribution < -0.4 is 5.73 Å². The number of halogens is 1. The lowest BCUT2D eigenvalue weighted by Gasteiger charge is -2.04. The number of aryl methyl sites for hydroxylation is 1. The van der Waals surface area contributed by atoms with Crippen molar-refractivity contribution < 1.29 is 0 Å². The molecule has 2 aromatic rings. The molecule has 0 aliphatic rings. The van der Waals surface area contributed by atoms with Crippen LogP contribution >= 0.6 is 15.9 Å². The van der Waals surface area contributed by atoms with E-state index >= 15 is 0 Å². The quantitative estimate of drug-likeness (QED) is 0.856. The molecule has 0 aliphatic carbocycles. The van der Waals surface area contributed by atoms with Crippen molar-refractivity contribution in [3.8, 4) is 11.1 Å². The van der Waals surface area contributed by atoms with Gasteiger partial charge in [0.05, 0.1) is 0 Å². The molecule has 0 saturated carbocycles. The third kappa shape index (κ3) is 2.18. The van der Waals surface area contributed by atoms with Gasteiger partial charge in [0.1, 0.15) is 5.82 Å². The zero-order valence-corrected chi connectivity index (χ0v) is 9.95. The van der Waals surface area contributed by atoms with Gasteiger partial charge in [0, 0.05) is 16.2 Å². The minimum absolute atomic E-state index is 0.593. The van der Waals surface area contributed by atoms with Crippen molar-refractivity contribution >= 4 is 21.7 Å². The van der Waals surface area contributed by atoms with Crippen LogP contribution in [0.5, 0.6) is 0 Å². The standard InChI is InChI=1S/C12H11BrN2/c1-8-6-10(7-15-12(8)14)9-2-4-11(13)5-3-9/h2-7H,1H3,(H2,14,15). The third-order valence-corrected chi connectivity index (χ3v) is 2.82. The lowest BCUT2D eigenvalue weighted by molar-refractivity contribution is 1.28. The predicted octanol–water partition coefficient (Wildman–Crippen LogP) is 3.40. The van der Waals surface area contributed by atoms with Gasteiger partial charge in [0.15, 0.2) is 0 Å². The fourth-order valence-electron chi connectivity index (χ4n) is 1.39. The molecule has 0 aliphatic heterocycles. The average Bonchev–Trinajstić information content (AvgIpc) is 2.23. The van der Waals surface area contributed by atoms with Crippen LogP contribution in [0.3, 0.4) is 0 Å². The molecule has 0 fully saturated rings. The Morgan fingerprint density at radius 3 is 2.40 bits per heavy atom. The number of nitrogens with zero attached hydrogens (tertiary/aromatic N) is 1. The van der Waals surface area contributed by atoms with Crippen LogP contribution in [-0.4, -0.2) is 4.98 Å². The van der Waals surface area contributed by atoms with Crippen molar-refractivity contribution in [1.82, 2.24) is 4.98 Å². The van der Waals surface area contributed by atoms with E-state index in [4.69, 9.17) is 5.73 Å². The fraction of sp³-hybridized carbons (Fsp3) is 0.0833. The van der Waals surface area contributed by atoms with Gasteiger partial charge in [-0.05, 0) is 36.2 Å². The van der Waals surface area contributed by atoms with E-state index in [-0.39, 0.29) is 0 Å². The van der Waals surface area contributed by atoms with E-state index in [9.17, 15) is 0 Å². The van der Waals surface area contributed by atoms with Crippen molar-refractivity contribution in [3.05, 3.63) is 46.6 Å². The topological polar surface area (TPSA) is 38.9 Å². The van der Waals surface area contributed by atoms with Crippen molar-refractivity contribution in [2.45, 2.75) is 6.92 Å². The highest BCUT2D eigenvalue weighted by Crippen LogP contribution is 2.23. The van der Waals surface area contributed by atoms with Crippen LogP contribution in [0, 0.1) is 6.92 Å². The first-order valence-corrected chi connectivity index (χ1v) is 5.44. The summed E-state index contributed by atoms with van der Waals surface area (Å²) in [6.07, 6.45) is 1.80. The van der Waals surface area contributed by atoms with Crippen molar-refractivity contribution in [3.63, 3.8) is 0 Å². The van der Waals surface area contributed by atoms with Crippen LogP contribution in [0.2, 0.25) is 0 Å². The van der Waals surface area contributed by atoms with E-state index in [1.807, 2.05) is 25.1 Å². The minimum Gasteiger partial charge on any atom is -0.383 e. The van der Waals surface area contributed by atoms with Gasteiger partial charge in [0.25, 0.3) is 0 Å². The second kappa shape index (κ2) is 4.03. The van der Waals surface area contributed by atoms with Gasteiger partial charge in [-0.15, -0.1) is 0 Å². The molecule has 15 heavy (non-hydrogen) atoms. The summed E-state index contributed by atoms with van der Waals surface area (Å²) in [5, 5.41) is 0. The molecule has 0 radical (unpaired) electrons. The molecule has 0 atom stereocenters. The number of aromatic nitrogens is 1. The first kappa shape index (κ1) is 10.2. The lowest BCUT2D eigenvalue weighted by atomic mass is 10.1. The highest BCUT2D eigenvalue weighted by Gasteiger charge is 2.00. The Morgan fingerprint density at radius 1 is 1.13 bits per heavy atom. The van der Waals surface area contributed by atoms with Gasteiger partial charge in [-0.1, -0.05) is 28.1 Å². The summed E-state index contributed by atoms with van der Waals surface area (Å²) in [4.78, 5) is 4.14. The number of benzene rings is 1. The molecule has 0 unspecified atom stereocenters. The normalized spacial score (nSPS) is 10.3. The van der Waals surface area contributed by atoms with E-state index in [0.717, 1.165) is 21.2 Å². The second-order valence-corrected chi connectivity index (χ2v) is 4.35. The van der Waals surface area contributed by atoms with Crippen molar-refractivity contribution in [2.24, 2.45) is 0 Å². The van der Waals surface area contributed by atoms with Gasteiger partial charge in [-0.2, -0.15) is 0 Å². The van der Waals surface area contributed by atoms with Gasteiger partial charge in [0.2, 0.25) is 0 Å². The van der Waals surface area contributed by atoms with Gasteiger partial charge in [-0.3, -0.25) is 0 Å². The highest BCUT2D eigenvalue weighted by atomic mass is 79.9. The Morgan fingerprint density at radius 2 is 1.80 bits per heavy atom. The molecule has 3 heteroatoms. The maximum absolute atomic E-state index is 5.67. The summed E-state index contributed by atoms with van der Waals surface area (Å²) >= 11 is 3.41. The number of nitrogens with two attached hydrogens (primary N) is 1. The molecule has 1 aromatic carbocycles. The Labute approximate surface area is 97.3 Å². The largest absolute Gasteiger partial charge is 0.383 e. The maximum atomic E-state index is 5.67. The van der Waals surface area contributed by atoms with E-state index in [0.29, 0.717) is 5.82 Å². The van der Waals surface area contributed by atoms with Crippen molar-refractivity contribution in [1.29, 1.82) is 0 Å². The Balaban J connectivity index is 2.45. The summed E-state index contributed by atoms with van der Waals surface area (Å²) in [6.45, 7) is 1.96. The van der Waals surface area contributed by atoms with Crippen LogP contribution in [0.25, 0.3) is 11.1 Å². The molecule has 0 spiro atoms. The summed E-state index contributed by atoms with van der Waals surface area (Å²) < 4.78 is 1.08. The molecule has 2 N–H and O–H groups in total. The number of anilines is 1. The smallest absolute Gasteiger partial charge is 0.126 e. The molecule has 2 rings (SSSR count). The summed E-state index contributed by atoms with van der Waals surface area (Å²) in [5.41, 5.74) is 8.92. The van der Waals surface area contributed by atoms with Crippen LogP contribution in [0.1, 0.15) is 5.56 Å². The Hall–Kier alpha value is -1.35. The minimum atomic E-state index is 0.593. The average molecular weight is 263 g/mol. The first-order chi connectivity index (χ1) is 7.16. The fourth-order valence-corrected chi connectivity index (χ4v) is 1.65. The Bertz CT molecular complexity index is 477. The van der Waals surface area contributed by atoms with Gasteiger partial charge < -0.3 is 5.73 Å².